The molecule has 11 nitrogen and oxygen atoms in total. The first-order chi connectivity index (χ1) is 23.0. The van der Waals surface area contributed by atoms with E-state index >= 15 is 0 Å². The molecule has 3 heterocycles. The lowest BCUT2D eigenvalue weighted by molar-refractivity contribution is -0.133. The first kappa shape index (κ1) is 36.3. The van der Waals surface area contributed by atoms with Gasteiger partial charge in [-0.1, -0.05) is 57.2 Å². The van der Waals surface area contributed by atoms with E-state index in [0.29, 0.717) is 30.5 Å². The van der Waals surface area contributed by atoms with Crippen LogP contribution in [0.1, 0.15) is 68.2 Å². The number of aliphatic imine (C=N–C) groups is 1. The summed E-state index contributed by atoms with van der Waals surface area (Å²) in [4.78, 5) is 63.4. The van der Waals surface area contributed by atoms with Crippen LogP contribution < -0.4 is 26.8 Å². The van der Waals surface area contributed by atoms with Gasteiger partial charge in [0.05, 0.1) is 22.3 Å². The largest absolute Gasteiger partial charge is 0.490 e. The van der Waals surface area contributed by atoms with Gasteiger partial charge >= 0.3 is 0 Å². The minimum atomic E-state index is -0.909. The highest BCUT2D eigenvalue weighted by molar-refractivity contribution is 7.20. The predicted molar refractivity (Wildman–Crippen MR) is 189 cm³/mol. The summed E-state index contributed by atoms with van der Waals surface area (Å²) in [6.45, 7) is 6.36. The third kappa shape index (κ3) is 10.7. The summed E-state index contributed by atoms with van der Waals surface area (Å²) in [6, 6.07) is 13.4. The van der Waals surface area contributed by atoms with Gasteiger partial charge in [-0.05, 0) is 67.9 Å². The van der Waals surface area contributed by atoms with Gasteiger partial charge in [0, 0.05) is 24.8 Å². The Balaban J connectivity index is 1.59. The maximum absolute atomic E-state index is 14.0. The number of Topliss-reactive ketones (excluding diaryl/α,β-unsaturated/α-hetero) is 2. The number of ether oxygens (including phenoxy) is 1. The van der Waals surface area contributed by atoms with Crippen molar-refractivity contribution >= 4 is 50.9 Å². The first-order valence-electron chi connectivity index (χ1n) is 16.5. The number of carbonyl (C=O) groups excluding carboxylic acids is 4. The number of ketones is 2. The number of aromatic nitrogens is 1. The van der Waals surface area contributed by atoms with E-state index in [4.69, 9.17) is 16.2 Å². The maximum Gasteiger partial charge on any atom is 0.224 e. The summed E-state index contributed by atoms with van der Waals surface area (Å²) in [6.07, 6.45) is 5.38. The Labute approximate surface area is 285 Å². The SMILES string of the molecule is CC(C)C[C@@H]1NC(=O)[C@@H](C)Cc2ccc(cc2)OC/C=C\C[C@@H](C(=O)N[C@@H](CCCN=C(N)N)C(=O)c2nc3ccccc3s2)CC1=O. The molecule has 0 fully saturated rings. The molecule has 2 amide bonds. The lowest BCUT2D eigenvalue weighted by atomic mass is 9.90. The molecule has 0 spiro atoms. The summed E-state index contributed by atoms with van der Waals surface area (Å²) in [7, 11) is 0. The van der Waals surface area contributed by atoms with Gasteiger partial charge in [0.1, 0.15) is 12.4 Å². The third-order valence-corrected chi connectivity index (χ3v) is 9.21. The zero-order chi connectivity index (χ0) is 34.6. The van der Waals surface area contributed by atoms with Gasteiger partial charge in [-0.2, -0.15) is 0 Å². The number of nitrogens with two attached hydrogens (primary N) is 2. The minimum absolute atomic E-state index is 0.0570. The van der Waals surface area contributed by atoms with Crippen molar-refractivity contribution in [2.24, 2.45) is 34.2 Å². The molecule has 1 aromatic heterocycles. The number of fused-ring (bicyclic) bond motifs is 14. The maximum atomic E-state index is 14.0. The Kier molecular flexibility index (Phi) is 13.2. The molecular weight excluding hydrogens is 629 g/mol. The quantitative estimate of drug-likeness (QED) is 0.0806. The summed E-state index contributed by atoms with van der Waals surface area (Å²) < 4.78 is 6.70. The summed E-state index contributed by atoms with van der Waals surface area (Å²) in [5, 5.41) is 6.19. The first-order valence-corrected chi connectivity index (χ1v) is 17.3. The van der Waals surface area contributed by atoms with Gasteiger partial charge in [-0.15, -0.1) is 11.3 Å². The van der Waals surface area contributed by atoms with Crippen LogP contribution in [0, 0.1) is 17.8 Å². The molecule has 0 saturated carbocycles. The number of para-hydroxylation sites is 1. The second kappa shape index (κ2) is 17.5. The molecule has 2 aromatic carbocycles. The zero-order valence-electron chi connectivity index (χ0n) is 27.8. The Morgan fingerprint density at radius 1 is 1.08 bits per heavy atom. The van der Waals surface area contributed by atoms with Crippen LogP contribution in [0.3, 0.4) is 0 Å². The van der Waals surface area contributed by atoms with Gasteiger partial charge < -0.3 is 26.8 Å². The fourth-order valence-electron chi connectivity index (χ4n) is 5.55. The van der Waals surface area contributed by atoms with E-state index in [0.717, 1.165) is 10.3 Å². The van der Waals surface area contributed by atoms with Crippen LogP contribution >= 0.6 is 11.3 Å². The normalized spacial score (nSPS) is 20.4. The molecule has 4 atom stereocenters. The molecule has 0 aliphatic carbocycles. The fourth-order valence-corrected chi connectivity index (χ4v) is 6.51. The van der Waals surface area contributed by atoms with Crippen molar-refractivity contribution in [3.8, 4) is 5.75 Å². The summed E-state index contributed by atoms with van der Waals surface area (Å²) in [5.41, 5.74) is 12.7. The van der Waals surface area contributed by atoms with Gasteiger partial charge in [-0.3, -0.25) is 24.2 Å². The second-order valence-electron chi connectivity index (χ2n) is 12.7. The number of hydrogen-bond donors (Lipinski definition) is 4. The molecule has 5 rings (SSSR count). The number of allylic oxidation sites excluding steroid dienone is 1. The molecule has 0 radical (unpaired) electrons. The van der Waals surface area contributed by atoms with E-state index in [2.05, 4.69) is 20.6 Å². The average Bonchev–Trinajstić information content (AvgIpc) is 3.49. The van der Waals surface area contributed by atoms with Crippen LogP contribution in [0.4, 0.5) is 0 Å². The molecule has 256 valence electrons. The molecule has 2 aliphatic heterocycles. The van der Waals surface area contributed by atoms with Crippen molar-refractivity contribution in [2.75, 3.05) is 13.2 Å². The average molecular weight is 675 g/mol. The van der Waals surface area contributed by atoms with Crippen molar-refractivity contribution in [1.82, 2.24) is 15.6 Å². The van der Waals surface area contributed by atoms with Crippen LogP contribution in [0.25, 0.3) is 10.2 Å². The number of guanidine groups is 1. The Morgan fingerprint density at radius 2 is 1.83 bits per heavy atom. The van der Waals surface area contributed by atoms with Gasteiger partial charge in [-0.25, -0.2) is 4.98 Å². The number of rotatable bonds is 10. The van der Waals surface area contributed by atoms with E-state index in [9.17, 15) is 19.2 Å². The number of nitrogens with one attached hydrogen (secondary N) is 2. The molecule has 12 heteroatoms. The highest BCUT2D eigenvalue weighted by Gasteiger charge is 2.32. The Morgan fingerprint density at radius 3 is 2.54 bits per heavy atom. The smallest absolute Gasteiger partial charge is 0.224 e. The van der Waals surface area contributed by atoms with Gasteiger partial charge in [0.25, 0.3) is 0 Å². The van der Waals surface area contributed by atoms with Crippen LogP contribution in [-0.4, -0.2) is 59.6 Å². The fraction of sp³-hybridized carbons (Fsp3) is 0.444. The van der Waals surface area contributed by atoms with Crippen LogP contribution in [0.15, 0.2) is 65.7 Å². The number of nitrogens with zero attached hydrogens (tertiary/aromatic N) is 2. The standard InChI is InChI=1S/C36H46N6O5S/c1-22(2)19-29-30(43)21-25(9-6-7-18-47-26-15-13-24(14-16-26)20-23(3)33(45)41-29)34(46)40-28(11-8-17-39-36(37)38)32(44)35-42-27-10-4-5-12-31(27)48-35/h4-7,10,12-16,22-23,25,28-29H,8-9,11,17-21H2,1-3H3,(H,40,46)(H,41,45)(H4,37,38,39)/b7-6-/t23-,25+,28-,29-/m0/s1. The Bertz CT molecular complexity index is 1600. The van der Waals surface area contributed by atoms with Crippen LogP contribution in [0.5, 0.6) is 5.75 Å². The molecule has 2 bridgehead atoms. The monoisotopic (exact) mass is 674 g/mol. The van der Waals surface area contributed by atoms with E-state index in [-0.39, 0.29) is 72.7 Å². The number of benzene rings is 2. The topological polar surface area (TPSA) is 179 Å². The molecule has 0 saturated heterocycles. The molecule has 48 heavy (non-hydrogen) atoms. The number of thiazole rings is 1. The highest BCUT2D eigenvalue weighted by atomic mass is 32.1. The summed E-state index contributed by atoms with van der Waals surface area (Å²) in [5.74, 6) is -1.63. The van der Waals surface area contributed by atoms with E-state index in [1.165, 1.54) is 11.3 Å². The molecular formula is C36H46N6O5S. The lowest BCUT2D eigenvalue weighted by Gasteiger charge is -2.25. The summed E-state index contributed by atoms with van der Waals surface area (Å²) >= 11 is 1.26. The lowest BCUT2D eigenvalue weighted by Crippen LogP contribution is -2.47. The van der Waals surface area contributed by atoms with Crippen molar-refractivity contribution in [3.05, 3.63) is 71.3 Å². The van der Waals surface area contributed by atoms with Crippen LogP contribution in [-0.2, 0) is 20.8 Å². The van der Waals surface area contributed by atoms with Gasteiger partial charge in [0.2, 0.25) is 17.6 Å². The van der Waals surface area contributed by atoms with Crippen molar-refractivity contribution < 1.29 is 23.9 Å². The van der Waals surface area contributed by atoms with Crippen molar-refractivity contribution in [3.63, 3.8) is 0 Å². The molecule has 3 aromatic rings. The molecule has 2 aliphatic rings. The van der Waals surface area contributed by atoms with Gasteiger partial charge in [0.15, 0.2) is 16.8 Å². The van der Waals surface area contributed by atoms with Crippen molar-refractivity contribution in [1.29, 1.82) is 0 Å². The van der Waals surface area contributed by atoms with Crippen LogP contribution in [0.2, 0.25) is 0 Å². The molecule has 0 unspecified atom stereocenters. The van der Waals surface area contributed by atoms with E-state index in [1.54, 1.807) is 0 Å². The number of amides is 2. The number of hydrogen-bond acceptors (Lipinski definition) is 8. The van der Waals surface area contributed by atoms with Crippen molar-refractivity contribution in [2.45, 2.75) is 71.4 Å². The molecule has 6 N–H and O–H groups in total. The minimum Gasteiger partial charge on any atom is -0.490 e. The van der Waals surface area contributed by atoms with E-state index < -0.39 is 23.9 Å². The number of carbonyl (C=O) groups is 4. The third-order valence-electron chi connectivity index (χ3n) is 8.16. The Hall–Kier alpha value is -4.58. The second-order valence-corrected chi connectivity index (χ2v) is 13.7. The van der Waals surface area contributed by atoms with E-state index in [1.807, 2.05) is 81.5 Å². The zero-order valence-corrected chi connectivity index (χ0v) is 28.6. The predicted octanol–water partition coefficient (Wildman–Crippen LogP) is 4.34. The highest BCUT2D eigenvalue weighted by Crippen LogP contribution is 2.24.